The van der Waals surface area contributed by atoms with E-state index in [-0.39, 0.29) is 18.2 Å². The Hall–Kier alpha value is -2.73. The van der Waals surface area contributed by atoms with Gasteiger partial charge in [-0.05, 0) is 35.7 Å². The Morgan fingerprint density at radius 1 is 1.27 bits per heavy atom. The molecule has 1 unspecified atom stereocenters. The second-order valence-electron chi connectivity index (χ2n) is 6.16. The quantitative estimate of drug-likeness (QED) is 0.836. The lowest BCUT2D eigenvalue weighted by Crippen LogP contribution is -2.35. The molecule has 0 aromatic heterocycles. The monoisotopic (exact) mass is 356 g/mol. The van der Waals surface area contributed by atoms with Crippen molar-refractivity contribution < 1.29 is 18.7 Å². The zero-order valence-electron chi connectivity index (χ0n) is 14.5. The first-order valence-electron chi connectivity index (χ1n) is 8.60. The Morgan fingerprint density at radius 2 is 2.04 bits per heavy atom. The van der Waals surface area contributed by atoms with E-state index >= 15 is 0 Å². The van der Waals surface area contributed by atoms with Crippen LogP contribution in [0.25, 0.3) is 0 Å². The Bertz CT molecular complexity index is 822. The zero-order valence-corrected chi connectivity index (χ0v) is 14.5. The number of carbonyl (C=O) groups is 2. The minimum absolute atomic E-state index is 0.0467. The molecular formula is C20H21FN2O3. The molecule has 6 heteroatoms. The first kappa shape index (κ1) is 18.1. The molecule has 1 aliphatic heterocycles. The van der Waals surface area contributed by atoms with Crippen molar-refractivity contribution in [1.82, 2.24) is 5.32 Å². The average Bonchev–Trinajstić information content (AvgIpc) is 2.64. The van der Waals surface area contributed by atoms with Crippen LogP contribution in [0.3, 0.4) is 0 Å². The molecule has 0 saturated carbocycles. The zero-order chi connectivity index (χ0) is 18.5. The summed E-state index contributed by atoms with van der Waals surface area (Å²) in [6.45, 7) is 3.37. The van der Waals surface area contributed by atoms with Crippen LogP contribution in [0, 0.1) is 5.82 Å². The highest BCUT2D eigenvalue weighted by Gasteiger charge is 2.30. The third kappa shape index (κ3) is 4.08. The third-order valence-corrected chi connectivity index (χ3v) is 4.40. The molecule has 2 N–H and O–H groups in total. The van der Waals surface area contributed by atoms with Crippen LogP contribution in [0.2, 0.25) is 0 Å². The summed E-state index contributed by atoms with van der Waals surface area (Å²) in [7, 11) is 0. The summed E-state index contributed by atoms with van der Waals surface area (Å²) in [5, 5.41) is 5.51. The highest BCUT2D eigenvalue weighted by molar-refractivity contribution is 6.01. The van der Waals surface area contributed by atoms with Crippen molar-refractivity contribution in [3.8, 4) is 0 Å². The molecule has 0 bridgehead atoms. The predicted molar refractivity (Wildman–Crippen MR) is 96.0 cm³/mol. The van der Waals surface area contributed by atoms with Gasteiger partial charge in [-0.1, -0.05) is 30.3 Å². The van der Waals surface area contributed by atoms with E-state index in [4.69, 9.17) is 4.74 Å². The number of carbonyl (C=O) groups excluding carboxylic acids is 2. The lowest BCUT2D eigenvalue weighted by Gasteiger charge is -2.25. The first-order valence-corrected chi connectivity index (χ1v) is 8.60. The van der Waals surface area contributed by atoms with Crippen LogP contribution >= 0.6 is 0 Å². The van der Waals surface area contributed by atoms with Gasteiger partial charge >= 0.3 is 0 Å². The van der Waals surface area contributed by atoms with E-state index < -0.39 is 11.7 Å². The normalized spacial score (nSPS) is 15.9. The summed E-state index contributed by atoms with van der Waals surface area (Å²) in [5.41, 5.74) is 2.97. The summed E-state index contributed by atoms with van der Waals surface area (Å²) in [6.07, 6.45) is 0.0467. The number of rotatable bonds is 6. The van der Waals surface area contributed by atoms with Gasteiger partial charge < -0.3 is 15.4 Å². The van der Waals surface area contributed by atoms with Crippen LogP contribution in [0.1, 0.15) is 36.0 Å². The van der Waals surface area contributed by atoms with Gasteiger partial charge in [0.1, 0.15) is 5.82 Å². The minimum Gasteiger partial charge on any atom is -0.377 e. The number of fused-ring (bicyclic) bond motifs is 1. The van der Waals surface area contributed by atoms with E-state index in [1.807, 2.05) is 31.2 Å². The standard InChI is InChI=1S/C20H21FN2O3/c1-2-26-12-14-6-4-3-5-13(14)11-22-20(25)17-10-19(24)23-18-9-15(21)7-8-16(17)18/h3-9,17H,2,10-12H2,1H3,(H,22,25)(H,23,24). The molecule has 0 spiro atoms. The Kier molecular flexibility index (Phi) is 5.63. The molecule has 2 aromatic rings. The molecule has 0 radical (unpaired) electrons. The predicted octanol–water partition coefficient (Wildman–Crippen LogP) is 3.10. The molecule has 0 aliphatic carbocycles. The van der Waals surface area contributed by atoms with Crippen molar-refractivity contribution >= 4 is 17.5 Å². The molecular weight excluding hydrogens is 335 g/mol. The van der Waals surface area contributed by atoms with E-state index in [0.717, 1.165) is 11.1 Å². The highest BCUT2D eigenvalue weighted by Crippen LogP contribution is 2.32. The fourth-order valence-corrected chi connectivity index (χ4v) is 3.06. The maximum absolute atomic E-state index is 13.4. The number of amides is 2. The highest BCUT2D eigenvalue weighted by atomic mass is 19.1. The number of benzene rings is 2. The molecule has 2 aromatic carbocycles. The van der Waals surface area contributed by atoms with Crippen LogP contribution in [0.4, 0.5) is 10.1 Å². The van der Waals surface area contributed by atoms with Gasteiger partial charge in [0.2, 0.25) is 11.8 Å². The van der Waals surface area contributed by atoms with Gasteiger partial charge in [-0.15, -0.1) is 0 Å². The molecule has 136 valence electrons. The number of anilines is 1. The number of nitrogens with one attached hydrogen (secondary N) is 2. The van der Waals surface area contributed by atoms with Gasteiger partial charge in [-0.3, -0.25) is 9.59 Å². The number of hydrogen-bond donors (Lipinski definition) is 2. The van der Waals surface area contributed by atoms with Crippen LogP contribution in [0.5, 0.6) is 0 Å². The van der Waals surface area contributed by atoms with Crippen molar-refractivity contribution in [2.75, 3.05) is 11.9 Å². The first-order chi connectivity index (χ1) is 12.6. The van der Waals surface area contributed by atoms with Gasteiger partial charge in [-0.2, -0.15) is 0 Å². The molecule has 0 saturated heterocycles. The van der Waals surface area contributed by atoms with Crippen molar-refractivity contribution in [1.29, 1.82) is 0 Å². The molecule has 5 nitrogen and oxygen atoms in total. The molecule has 3 rings (SSSR count). The van der Waals surface area contributed by atoms with Crippen LogP contribution in [0.15, 0.2) is 42.5 Å². The maximum atomic E-state index is 13.4. The fraction of sp³-hybridized carbons (Fsp3) is 0.300. The Morgan fingerprint density at radius 3 is 2.81 bits per heavy atom. The van der Waals surface area contributed by atoms with E-state index in [1.54, 1.807) is 6.07 Å². The summed E-state index contributed by atoms with van der Waals surface area (Å²) in [4.78, 5) is 24.5. The molecule has 1 aliphatic rings. The average molecular weight is 356 g/mol. The number of halogens is 1. The molecule has 2 amide bonds. The SMILES string of the molecule is CCOCc1ccccc1CNC(=O)C1CC(=O)Nc2cc(F)ccc21. The molecule has 1 atom stereocenters. The molecule has 1 heterocycles. The molecule has 26 heavy (non-hydrogen) atoms. The summed E-state index contributed by atoms with van der Waals surface area (Å²) < 4.78 is 18.9. The largest absolute Gasteiger partial charge is 0.377 e. The maximum Gasteiger partial charge on any atom is 0.228 e. The van der Waals surface area contributed by atoms with Crippen molar-refractivity contribution in [3.63, 3.8) is 0 Å². The van der Waals surface area contributed by atoms with Crippen molar-refractivity contribution in [2.24, 2.45) is 0 Å². The van der Waals surface area contributed by atoms with Crippen LogP contribution < -0.4 is 10.6 Å². The summed E-state index contributed by atoms with van der Waals surface area (Å²) in [6, 6.07) is 11.8. The Balaban J connectivity index is 1.73. The topological polar surface area (TPSA) is 67.4 Å². The van der Waals surface area contributed by atoms with Crippen molar-refractivity contribution in [3.05, 3.63) is 65.0 Å². The van der Waals surface area contributed by atoms with Gasteiger partial charge in [0, 0.05) is 25.3 Å². The van der Waals surface area contributed by atoms with Crippen molar-refractivity contribution in [2.45, 2.75) is 32.4 Å². The minimum atomic E-state index is -0.626. The Labute approximate surface area is 151 Å². The second-order valence-corrected chi connectivity index (χ2v) is 6.16. The van der Waals surface area contributed by atoms with E-state index in [9.17, 15) is 14.0 Å². The van der Waals surface area contributed by atoms with E-state index in [0.29, 0.717) is 31.0 Å². The second kappa shape index (κ2) is 8.10. The summed E-state index contributed by atoms with van der Waals surface area (Å²) in [5.74, 6) is -1.62. The smallest absolute Gasteiger partial charge is 0.228 e. The lowest BCUT2D eigenvalue weighted by atomic mass is 9.89. The third-order valence-electron chi connectivity index (χ3n) is 4.40. The number of ether oxygens (including phenoxy) is 1. The molecule has 0 fully saturated rings. The van der Waals surface area contributed by atoms with Gasteiger partial charge in [-0.25, -0.2) is 4.39 Å². The van der Waals surface area contributed by atoms with E-state index in [2.05, 4.69) is 10.6 Å². The lowest BCUT2D eigenvalue weighted by molar-refractivity contribution is -0.126. The van der Waals surface area contributed by atoms with E-state index in [1.165, 1.54) is 12.1 Å². The summed E-state index contributed by atoms with van der Waals surface area (Å²) >= 11 is 0. The van der Waals surface area contributed by atoms with Gasteiger partial charge in [0.15, 0.2) is 0 Å². The number of hydrogen-bond acceptors (Lipinski definition) is 3. The van der Waals surface area contributed by atoms with Gasteiger partial charge in [0.25, 0.3) is 0 Å². The van der Waals surface area contributed by atoms with Gasteiger partial charge in [0.05, 0.1) is 12.5 Å². The van der Waals surface area contributed by atoms with Crippen LogP contribution in [-0.2, 0) is 27.5 Å². The van der Waals surface area contributed by atoms with Crippen LogP contribution in [-0.4, -0.2) is 18.4 Å². The fourth-order valence-electron chi connectivity index (χ4n) is 3.06.